The average molecular weight is 816 g/mol. The zero-order valence-corrected chi connectivity index (χ0v) is 24.3. The number of rotatable bonds is 15. The van der Waals surface area contributed by atoms with Gasteiger partial charge in [-0.25, -0.2) is 4.79 Å². The van der Waals surface area contributed by atoms with Crippen LogP contribution in [-0.4, -0.2) is 82.1 Å². The molecule has 1 unspecified atom stereocenters. The summed E-state index contributed by atoms with van der Waals surface area (Å²) in [5.41, 5.74) is -3.40. The van der Waals surface area contributed by atoms with E-state index in [0.29, 0.717) is 6.07 Å². The van der Waals surface area contributed by atoms with Crippen molar-refractivity contribution in [2.24, 2.45) is 0 Å². The van der Waals surface area contributed by atoms with Crippen LogP contribution in [0.5, 0.6) is 5.75 Å². The Morgan fingerprint density at radius 1 is 0.635 bits per heavy atom. The summed E-state index contributed by atoms with van der Waals surface area (Å²) in [5.74, 6) is -82.1. The lowest BCUT2D eigenvalue weighted by molar-refractivity contribution is -0.474. The highest BCUT2D eigenvalue weighted by molar-refractivity contribution is 5.70. The lowest BCUT2D eigenvalue weighted by Crippen LogP contribution is -2.77. The van der Waals surface area contributed by atoms with E-state index in [9.17, 15) is 117 Å². The Labute approximate surface area is 270 Å². The molecule has 1 atom stereocenters. The highest BCUT2D eigenvalue weighted by Crippen LogP contribution is 2.66. The molecule has 0 bridgehead atoms. The second-order valence-electron chi connectivity index (χ2n) is 10.1. The van der Waals surface area contributed by atoms with Gasteiger partial charge in [0.25, 0.3) is 5.69 Å². The number of carbonyl (C=O) groups excluding carboxylic acids is 1. The van der Waals surface area contributed by atoms with Crippen LogP contribution in [0.25, 0.3) is 0 Å². The first-order chi connectivity index (χ1) is 22.7. The molecule has 30 heteroatoms. The monoisotopic (exact) mass is 816 g/mol. The molecular formula is C22H13F21N2O7. The topological polar surface area (TPSA) is 122 Å². The lowest BCUT2D eigenvalue weighted by Gasteiger charge is -2.44. The van der Waals surface area contributed by atoms with Crippen molar-refractivity contribution in [1.82, 2.24) is 0 Å². The van der Waals surface area contributed by atoms with E-state index in [4.69, 9.17) is 0 Å². The Morgan fingerprint density at radius 2 is 1.00 bits per heavy atom. The van der Waals surface area contributed by atoms with Crippen molar-refractivity contribution in [2.45, 2.75) is 85.7 Å². The zero-order valence-electron chi connectivity index (χ0n) is 24.3. The number of hydrogen-bond acceptors (Lipinski definition) is 7. The summed E-state index contributed by atoms with van der Waals surface area (Å²) in [6.07, 6.45) is -11.2. The fourth-order valence-corrected chi connectivity index (χ4v) is 3.50. The van der Waals surface area contributed by atoms with Gasteiger partial charge in [-0.05, 0) is 12.3 Å². The average Bonchev–Trinajstić information content (AvgIpc) is 2.97. The third-order valence-electron chi connectivity index (χ3n) is 6.77. The van der Waals surface area contributed by atoms with Gasteiger partial charge >= 0.3 is 71.3 Å². The summed E-state index contributed by atoms with van der Waals surface area (Å²) < 4.78 is 291. The predicted octanol–water partition coefficient (Wildman–Crippen LogP) is 9.81. The molecule has 0 aliphatic rings. The Balaban J connectivity index is 3.63. The molecule has 1 rings (SSSR count). The van der Waals surface area contributed by atoms with E-state index < -0.39 is 111 Å². The standard InChI is InChI=1S/C22H13F21N2O7/c1-3-7(2)9-4-8(44(47)48)5-10(45(49)50)11(9)52-12(46)51-6-13(23,24)14(25,26)15(27,28)16(29,30)17(31,32)18(33,34)19(35,36)20(37,38)21(39,40)22(41,42)43/h4-5,7H,3,6H2,1-2H3. The van der Waals surface area contributed by atoms with Crippen LogP contribution in [0.2, 0.25) is 0 Å². The van der Waals surface area contributed by atoms with Gasteiger partial charge in [-0.2, -0.15) is 92.2 Å². The number of alkyl halides is 21. The largest absolute Gasteiger partial charge is 0.514 e. The number of nitrogens with zero attached hydrogens (tertiary/aromatic N) is 2. The van der Waals surface area contributed by atoms with Crippen LogP contribution in [0.3, 0.4) is 0 Å². The number of non-ortho nitro benzene ring substituents is 1. The van der Waals surface area contributed by atoms with Crippen molar-refractivity contribution in [3.63, 3.8) is 0 Å². The second kappa shape index (κ2) is 13.3. The fourth-order valence-electron chi connectivity index (χ4n) is 3.50. The molecule has 0 spiro atoms. The number of carbonyl (C=O) groups is 1. The molecule has 0 N–H and O–H groups in total. The quantitative estimate of drug-likeness (QED) is 0.0568. The smallest absolute Gasteiger partial charge is 0.427 e. The molecule has 1 aromatic carbocycles. The maximum Gasteiger partial charge on any atom is 0.514 e. The van der Waals surface area contributed by atoms with Crippen molar-refractivity contribution in [3.8, 4) is 5.75 Å². The van der Waals surface area contributed by atoms with Crippen LogP contribution in [0.15, 0.2) is 12.1 Å². The normalized spacial score (nSPS) is 15.3. The molecule has 52 heavy (non-hydrogen) atoms. The van der Waals surface area contributed by atoms with Gasteiger partial charge < -0.3 is 9.47 Å². The summed E-state index contributed by atoms with van der Waals surface area (Å²) in [6.45, 7) is -1.45. The molecule has 0 heterocycles. The van der Waals surface area contributed by atoms with Crippen LogP contribution < -0.4 is 4.74 Å². The number of nitro groups is 2. The first kappa shape index (κ1) is 45.8. The van der Waals surface area contributed by atoms with E-state index in [1.165, 1.54) is 6.92 Å². The van der Waals surface area contributed by atoms with Gasteiger partial charge in [-0.1, -0.05) is 13.8 Å². The Bertz CT molecular complexity index is 1540. The van der Waals surface area contributed by atoms with Crippen molar-refractivity contribution in [2.75, 3.05) is 6.61 Å². The van der Waals surface area contributed by atoms with Crippen LogP contribution in [-0.2, 0) is 4.74 Å². The molecule has 9 nitrogen and oxygen atoms in total. The van der Waals surface area contributed by atoms with Crippen molar-refractivity contribution in [3.05, 3.63) is 37.9 Å². The Hall–Kier alpha value is -4.18. The van der Waals surface area contributed by atoms with Crippen LogP contribution in [0.1, 0.15) is 31.7 Å². The van der Waals surface area contributed by atoms with Crippen LogP contribution in [0, 0.1) is 20.2 Å². The first-order valence-corrected chi connectivity index (χ1v) is 12.5. The molecule has 0 amide bonds. The summed E-state index contributed by atoms with van der Waals surface area (Å²) in [5, 5.41) is 22.4. The van der Waals surface area contributed by atoms with Gasteiger partial charge in [0, 0.05) is 11.6 Å². The zero-order chi connectivity index (χ0) is 41.9. The first-order valence-electron chi connectivity index (χ1n) is 12.5. The Kier molecular flexibility index (Phi) is 11.8. The molecule has 0 saturated carbocycles. The third kappa shape index (κ3) is 6.74. The van der Waals surface area contributed by atoms with Gasteiger partial charge in [-0.15, -0.1) is 0 Å². The summed E-state index contributed by atoms with van der Waals surface area (Å²) in [7, 11) is 0. The van der Waals surface area contributed by atoms with Crippen molar-refractivity contribution in [1.29, 1.82) is 0 Å². The van der Waals surface area contributed by atoms with E-state index in [2.05, 4.69) is 9.47 Å². The van der Waals surface area contributed by atoms with E-state index in [1.807, 2.05) is 0 Å². The minimum absolute atomic E-state index is 0.0412. The van der Waals surface area contributed by atoms with Crippen molar-refractivity contribution >= 4 is 17.5 Å². The third-order valence-corrected chi connectivity index (χ3v) is 6.77. The van der Waals surface area contributed by atoms with Crippen molar-refractivity contribution < 1.29 is 116 Å². The minimum atomic E-state index is -9.38. The highest BCUT2D eigenvalue weighted by Gasteiger charge is 2.97. The molecule has 0 aromatic heterocycles. The maximum absolute atomic E-state index is 14.1. The molecule has 0 saturated heterocycles. The molecule has 1 aromatic rings. The highest BCUT2D eigenvalue weighted by atomic mass is 19.4. The summed E-state index contributed by atoms with van der Waals surface area (Å²) >= 11 is 0. The molecular weight excluding hydrogens is 803 g/mol. The minimum Gasteiger partial charge on any atom is -0.427 e. The molecule has 0 fully saturated rings. The SMILES string of the molecule is CCC(C)c1cc([N+](=O)[O-])cc([N+](=O)[O-])c1OC(=O)OCC(F)(F)C(F)(F)C(F)(F)C(F)(F)C(F)(F)C(F)(F)C(F)(F)C(F)(F)C(F)(F)C(F)(F)F. The number of halogens is 21. The van der Waals surface area contributed by atoms with E-state index in [-0.39, 0.29) is 12.5 Å². The number of ether oxygens (including phenoxy) is 2. The molecule has 300 valence electrons. The van der Waals surface area contributed by atoms with Crippen LogP contribution >= 0.6 is 0 Å². The number of nitro benzene ring substituents is 2. The van der Waals surface area contributed by atoms with E-state index >= 15 is 0 Å². The Morgan fingerprint density at radius 3 is 1.33 bits per heavy atom. The van der Waals surface area contributed by atoms with Gasteiger partial charge in [0.2, 0.25) is 5.75 Å². The van der Waals surface area contributed by atoms with E-state index in [1.54, 1.807) is 0 Å². The fraction of sp³-hybridized carbons (Fsp3) is 0.682. The molecule has 0 aliphatic carbocycles. The lowest BCUT2D eigenvalue weighted by atomic mass is 9.86. The number of benzene rings is 1. The van der Waals surface area contributed by atoms with Gasteiger partial charge in [-0.3, -0.25) is 20.2 Å². The molecule has 0 radical (unpaired) electrons. The van der Waals surface area contributed by atoms with Gasteiger partial charge in [0.05, 0.1) is 15.9 Å². The second-order valence-corrected chi connectivity index (χ2v) is 10.1. The van der Waals surface area contributed by atoms with Gasteiger partial charge in [0.1, 0.15) is 0 Å². The van der Waals surface area contributed by atoms with Crippen LogP contribution in [0.4, 0.5) is 108 Å². The number of hydrogen-bond donors (Lipinski definition) is 0. The molecule has 0 aliphatic heterocycles. The predicted molar refractivity (Wildman–Crippen MR) is 121 cm³/mol. The summed E-state index contributed by atoms with van der Waals surface area (Å²) in [6, 6.07) is 0.494. The maximum atomic E-state index is 14.1. The van der Waals surface area contributed by atoms with E-state index in [0.717, 1.165) is 6.92 Å². The summed E-state index contributed by atoms with van der Waals surface area (Å²) in [4.78, 5) is 31.5. The van der Waals surface area contributed by atoms with Gasteiger partial charge in [0.15, 0.2) is 6.61 Å².